The first-order chi connectivity index (χ1) is 15.4. The zero-order valence-electron chi connectivity index (χ0n) is 18.8. The first-order valence-electron chi connectivity index (χ1n) is 11.5. The molecule has 1 heterocycles. The van der Waals surface area contributed by atoms with Gasteiger partial charge in [0.2, 0.25) is 11.8 Å². The van der Waals surface area contributed by atoms with Crippen molar-refractivity contribution in [2.75, 3.05) is 16.8 Å². The number of hydrogen-bond acceptors (Lipinski definition) is 3. The number of anilines is 2. The normalized spacial score (nSPS) is 19.1. The van der Waals surface area contributed by atoms with E-state index in [1.165, 1.54) is 6.42 Å². The third-order valence-electron chi connectivity index (χ3n) is 6.51. The molecule has 2 aromatic carbocycles. The first-order valence-corrected chi connectivity index (χ1v) is 11.5. The lowest BCUT2D eigenvalue weighted by Gasteiger charge is -2.23. The van der Waals surface area contributed by atoms with Crippen LogP contribution >= 0.6 is 0 Å². The Balaban J connectivity index is 1.44. The lowest BCUT2D eigenvalue weighted by molar-refractivity contribution is -0.122. The SMILES string of the molecule is Cc1ccc(N2CC(C(=O)Nc3ccccc3C(=O)NC3CCCCC3)CC2=O)c(C)c1. The van der Waals surface area contributed by atoms with Gasteiger partial charge in [-0.2, -0.15) is 0 Å². The molecule has 2 N–H and O–H groups in total. The van der Waals surface area contributed by atoms with Crippen molar-refractivity contribution in [3.8, 4) is 0 Å². The van der Waals surface area contributed by atoms with Crippen molar-refractivity contribution < 1.29 is 14.4 Å². The number of rotatable bonds is 5. The molecule has 4 rings (SSSR count). The van der Waals surface area contributed by atoms with Gasteiger partial charge in [0.15, 0.2) is 0 Å². The number of aryl methyl sites for hydroxylation is 2. The summed E-state index contributed by atoms with van der Waals surface area (Å²) in [5.41, 5.74) is 3.95. The van der Waals surface area contributed by atoms with Gasteiger partial charge in [-0.1, -0.05) is 49.1 Å². The van der Waals surface area contributed by atoms with Crippen LogP contribution in [0.15, 0.2) is 42.5 Å². The highest BCUT2D eigenvalue weighted by molar-refractivity contribution is 6.07. The smallest absolute Gasteiger partial charge is 0.253 e. The van der Waals surface area contributed by atoms with Crippen LogP contribution in [0.4, 0.5) is 11.4 Å². The number of para-hydroxylation sites is 1. The highest BCUT2D eigenvalue weighted by Crippen LogP contribution is 2.29. The Labute approximate surface area is 189 Å². The second kappa shape index (κ2) is 9.55. The number of benzene rings is 2. The van der Waals surface area contributed by atoms with Crippen LogP contribution in [0.5, 0.6) is 0 Å². The molecule has 0 bridgehead atoms. The highest BCUT2D eigenvalue weighted by Gasteiger charge is 2.36. The van der Waals surface area contributed by atoms with Crippen molar-refractivity contribution in [3.63, 3.8) is 0 Å². The van der Waals surface area contributed by atoms with Gasteiger partial charge in [-0.25, -0.2) is 0 Å². The molecule has 1 unspecified atom stereocenters. The Hall–Kier alpha value is -3.15. The highest BCUT2D eigenvalue weighted by atomic mass is 16.2. The molecule has 1 atom stereocenters. The van der Waals surface area contributed by atoms with Crippen LogP contribution in [0, 0.1) is 19.8 Å². The molecule has 0 spiro atoms. The molecule has 168 valence electrons. The van der Waals surface area contributed by atoms with Crippen LogP contribution in [0.25, 0.3) is 0 Å². The van der Waals surface area contributed by atoms with Gasteiger partial charge in [-0.15, -0.1) is 0 Å². The van der Waals surface area contributed by atoms with Crippen molar-refractivity contribution in [2.24, 2.45) is 5.92 Å². The molecule has 0 radical (unpaired) electrons. The van der Waals surface area contributed by atoms with Crippen LogP contribution in [0.1, 0.15) is 60.0 Å². The van der Waals surface area contributed by atoms with Gasteiger partial charge in [0.1, 0.15) is 0 Å². The Morgan fingerprint density at radius 2 is 1.75 bits per heavy atom. The average Bonchev–Trinajstić information content (AvgIpc) is 3.16. The Morgan fingerprint density at radius 1 is 1.00 bits per heavy atom. The molecule has 32 heavy (non-hydrogen) atoms. The van der Waals surface area contributed by atoms with Crippen molar-refractivity contribution in [1.29, 1.82) is 0 Å². The summed E-state index contributed by atoms with van der Waals surface area (Å²) in [6, 6.07) is 13.2. The monoisotopic (exact) mass is 433 g/mol. The van der Waals surface area contributed by atoms with Crippen molar-refractivity contribution in [3.05, 3.63) is 59.2 Å². The molecule has 1 saturated heterocycles. The van der Waals surface area contributed by atoms with Gasteiger partial charge in [0.25, 0.3) is 5.91 Å². The molecule has 2 aromatic rings. The second-order valence-corrected chi connectivity index (χ2v) is 9.04. The van der Waals surface area contributed by atoms with Crippen LogP contribution in [0.2, 0.25) is 0 Å². The topological polar surface area (TPSA) is 78.5 Å². The van der Waals surface area contributed by atoms with E-state index >= 15 is 0 Å². The van der Waals surface area contributed by atoms with Crippen LogP contribution in [-0.2, 0) is 9.59 Å². The van der Waals surface area contributed by atoms with Crippen molar-refractivity contribution in [1.82, 2.24) is 5.32 Å². The van der Waals surface area contributed by atoms with E-state index in [4.69, 9.17) is 0 Å². The van der Waals surface area contributed by atoms with Crippen LogP contribution in [0.3, 0.4) is 0 Å². The molecule has 6 heteroatoms. The summed E-state index contributed by atoms with van der Waals surface area (Å²) in [5.74, 6) is -0.908. The van der Waals surface area contributed by atoms with E-state index in [0.29, 0.717) is 17.8 Å². The number of nitrogens with zero attached hydrogens (tertiary/aromatic N) is 1. The minimum Gasteiger partial charge on any atom is -0.349 e. The molecule has 6 nitrogen and oxygen atoms in total. The van der Waals surface area contributed by atoms with Gasteiger partial charge >= 0.3 is 0 Å². The molecule has 1 aliphatic heterocycles. The van der Waals surface area contributed by atoms with E-state index in [1.54, 1.807) is 29.2 Å². The first kappa shape index (κ1) is 22.1. The summed E-state index contributed by atoms with van der Waals surface area (Å²) in [6.45, 7) is 4.33. The molecule has 0 aromatic heterocycles. The van der Waals surface area contributed by atoms with Crippen molar-refractivity contribution in [2.45, 2.75) is 58.4 Å². The maximum atomic E-state index is 13.0. The molecule has 2 fully saturated rings. The van der Waals surface area contributed by atoms with E-state index in [9.17, 15) is 14.4 Å². The Kier molecular flexibility index (Phi) is 6.58. The van der Waals surface area contributed by atoms with Gasteiger partial charge in [0.05, 0.1) is 17.2 Å². The fourth-order valence-electron chi connectivity index (χ4n) is 4.76. The summed E-state index contributed by atoms with van der Waals surface area (Å²) >= 11 is 0. The minimum absolute atomic E-state index is 0.0552. The van der Waals surface area contributed by atoms with Gasteiger partial charge in [-0.05, 0) is 50.5 Å². The van der Waals surface area contributed by atoms with Gasteiger partial charge < -0.3 is 15.5 Å². The maximum Gasteiger partial charge on any atom is 0.253 e. The predicted octanol–water partition coefficient (Wildman–Crippen LogP) is 4.36. The quantitative estimate of drug-likeness (QED) is 0.736. The minimum atomic E-state index is -0.460. The third-order valence-corrected chi connectivity index (χ3v) is 6.51. The predicted molar refractivity (Wildman–Crippen MR) is 126 cm³/mol. The molecule has 1 saturated carbocycles. The standard InChI is InChI=1S/C26H31N3O3/c1-17-12-13-23(18(2)14-17)29-16-19(15-24(29)30)25(31)28-22-11-7-6-10-21(22)26(32)27-20-8-4-3-5-9-20/h6-7,10-14,19-20H,3-5,8-9,15-16H2,1-2H3,(H,27,32)(H,28,31). The molecule has 3 amide bonds. The summed E-state index contributed by atoms with van der Waals surface area (Å²) in [5, 5.41) is 6.02. The number of nitrogens with one attached hydrogen (secondary N) is 2. The Morgan fingerprint density at radius 3 is 2.50 bits per heavy atom. The number of carbonyl (C=O) groups is 3. The van der Waals surface area contributed by atoms with Crippen molar-refractivity contribution >= 4 is 29.1 Å². The third kappa shape index (κ3) is 4.85. The average molecular weight is 434 g/mol. The van der Waals surface area contributed by atoms with E-state index < -0.39 is 5.92 Å². The summed E-state index contributed by atoms with van der Waals surface area (Å²) in [6.07, 6.45) is 5.65. The largest absolute Gasteiger partial charge is 0.349 e. The lowest BCUT2D eigenvalue weighted by Crippen LogP contribution is -2.36. The van der Waals surface area contributed by atoms with Crippen LogP contribution < -0.4 is 15.5 Å². The second-order valence-electron chi connectivity index (χ2n) is 9.04. The lowest BCUT2D eigenvalue weighted by atomic mass is 9.95. The molecule has 2 aliphatic rings. The van der Waals surface area contributed by atoms with E-state index in [1.807, 2.05) is 32.0 Å². The van der Waals surface area contributed by atoms with Gasteiger partial charge in [0, 0.05) is 24.7 Å². The van der Waals surface area contributed by atoms with E-state index in [-0.39, 0.29) is 30.2 Å². The summed E-state index contributed by atoms with van der Waals surface area (Å²) in [4.78, 5) is 40.2. The van der Waals surface area contributed by atoms with Crippen LogP contribution in [-0.4, -0.2) is 30.3 Å². The number of carbonyl (C=O) groups excluding carboxylic acids is 3. The number of amides is 3. The molecular weight excluding hydrogens is 402 g/mol. The maximum absolute atomic E-state index is 13.0. The number of hydrogen-bond donors (Lipinski definition) is 2. The molecule has 1 aliphatic carbocycles. The zero-order chi connectivity index (χ0) is 22.7. The summed E-state index contributed by atoms with van der Waals surface area (Å²) < 4.78 is 0. The Bertz CT molecular complexity index is 1030. The van der Waals surface area contributed by atoms with Gasteiger partial charge in [-0.3, -0.25) is 14.4 Å². The molecular formula is C26H31N3O3. The summed E-state index contributed by atoms with van der Waals surface area (Å²) in [7, 11) is 0. The fourth-order valence-corrected chi connectivity index (χ4v) is 4.76. The van der Waals surface area contributed by atoms with E-state index in [0.717, 1.165) is 42.5 Å². The van der Waals surface area contributed by atoms with E-state index in [2.05, 4.69) is 10.6 Å². The zero-order valence-corrected chi connectivity index (χ0v) is 18.8. The fraction of sp³-hybridized carbons (Fsp3) is 0.423.